The molecule has 1 heterocycles. The number of nitriles is 1. The van der Waals surface area contributed by atoms with Crippen LogP contribution in [0.2, 0.25) is 5.02 Å². The van der Waals surface area contributed by atoms with Gasteiger partial charge in [0.2, 0.25) is 11.3 Å². The van der Waals surface area contributed by atoms with Crippen molar-refractivity contribution < 1.29 is 4.79 Å². The highest BCUT2D eigenvalue weighted by molar-refractivity contribution is 6.32. The van der Waals surface area contributed by atoms with E-state index in [4.69, 9.17) is 16.9 Å². The Hall–Kier alpha value is -3.17. The summed E-state index contributed by atoms with van der Waals surface area (Å²) in [6, 6.07) is 13.8. The summed E-state index contributed by atoms with van der Waals surface area (Å²) in [7, 11) is 0. The van der Waals surface area contributed by atoms with Crippen molar-refractivity contribution in [2.24, 2.45) is 0 Å². The SMILES string of the molecule is N#Cc1ccc(NC(=O)CCn2ncc(=O)c3ccccc32)cc1Cl. The number of para-hydroxylation sites is 1. The fourth-order valence-electron chi connectivity index (χ4n) is 2.45. The molecule has 0 saturated carbocycles. The molecule has 124 valence electrons. The third-order valence-corrected chi connectivity index (χ3v) is 4.00. The van der Waals surface area contributed by atoms with Crippen LogP contribution >= 0.6 is 11.6 Å². The van der Waals surface area contributed by atoms with Crippen LogP contribution < -0.4 is 10.7 Å². The number of nitrogens with zero attached hydrogens (tertiary/aromatic N) is 3. The van der Waals surface area contributed by atoms with Gasteiger partial charge in [-0.15, -0.1) is 0 Å². The Kier molecular flexibility index (Phi) is 4.78. The van der Waals surface area contributed by atoms with Crippen LogP contribution in [0, 0.1) is 11.3 Å². The van der Waals surface area contributed by atoms with Gasteiger partial charge < -0.3 is 5.32 Å². The smallest absolute Gasteiger partial charge is 0.226 e. The van der Waals surface area contributed by atoms with E-state index >= 15 is 0 Å². The summed E-state index contributed by atoms with van der Waals surface area (Å²) in [4.78, 5) is 23.9. The number of halogens is 1. The molecule has 0 unspecified atom stereocenters. The summed E-state index contributed by atoms with van der Waals surface area (Å²) < 4.78 is 1.63. The number of anilines is 1. The van der Waals surface area contributed by atoms with Gasteiger partial charge in [-0.2, -0.15) is 10.4 Å². The van der Waals surface area contributed by atoms with Gasteiger partial charge in [0, 0.05) is 17.5 Å². The molecular weight excluding hydrogens is 340 g/mol. The van der Waals surface area contributed by atoms with Crippen LogP contribution in [-0.2, 0) is 11.3 Å². The summed E-state index contributed by atoms with van der Waals surface area (Å²) in [6.45, 7) is 0.330. The van der Waals surface area contributed by atoms with Crippen molar-refractivity contribution in [3.63, 3.8) is 0 Å². The van der Waals surface area contributed by atoms with Crippen LogP contribution in [-0.4, -0.2) is 15.7 Å². The van der Waals surface area contributed by atoms with Crippen LogP contribution in [0.1, 0.15) is 12.0 Å². The van der Waals surface area contributed by atoms with Gasteiger partial charge in [0.05, 0.1) is 28.8 Å². The zero-order valence-electron chi connectivity index (χ0n) is 13.1. The molecule has 3 aromatic rings. The highest BCUT2D eigenvalue weighted by Gasteiger charge is 2.08. The van der Waals surface area contributed by atoms with E-state index in [1.807, 2.05) is 12.1 Å². The Bertz CT molecular complexity index is 1050. The number of hydrogen-bond donors (Lipinski definition) is 1. The quantitative estimate of drug-likeness (QED) is 0.781. The summed E-state index contributed by atoms with van der Waals surface area (Å²) >= 11 is 5.95. The molecule has 2 aromatic carbocycles. The molecule has 1 N–H and O–H groups in total. The summed E-state index contributed by atoms with van der Waals surface area (Å²) in [6.07, 6.45) is 1.43. The molecule has 0 bridgehead atoms. The fourth-order valence-corrected chi connectivity index (χ4v) is 2.68. The Labute approximate surface area is 148 Å². The molecule has 0 saturated heterocycles. The first-order valence-electron chi connectivity index (χ1n) is 7.53. The van der Waals surface area contributed by atoms with Crippen molar-refractivity contribution in [2.45, 2.75) is 13.0 Å². The third kappa shape index (κ3) is 3.67. The Balaban J connectivity index is 1.71. The van der Waals surface area contributed by atoms with E-state index in [0.717, 1.165) is 0 Å². The lowest BCUT2D eigenvalue weighted by molar-refractivity contribution is -0.116. The van der Waals surface area contributed by atoms with E-state index in [9.17, 15) is 9.59 Å². The number of hydrogen-bond acceptors (Lipinski definition) is 4. The van der Waals surface area contributed by atoms with E-state index in [2.05, 4.69) is 10.4 Å². The maximum Gasteiger partial charge on any atom is 0.226 e. The van der Waals surface area contributed by atoms with Gasteiger partial charge in [-0.3, -0.25) is 14.3 Å². The summed E-state index contributed by atoms with van der Waals surface area (Å²) in [5.74, 6) is -0.217. The molecular formula is C18H13ClN4O2. The number of carbonyl (C=O) groups excluding carboxylic acids is 1. The van der Waals surface area contributed by atoms with Gasteiger partial charge in [-0.05, 0) is 30.3 Å². The van der Waals surface area contributed by atoms with Crippen LogP contribution in [0.3, 0.4) is 0 Å². The van der Waals surface area contributed by atoms with E-state index in [1.165, 1.54) is 12.3 Å². The minimum absolute atomic E-state index is 0.150. The summed E-state index contributed by atoms with van der Waals surface area (Å²) in [5, 5.41) is 16.5. The van der Waals surface area contributed by atoms with Crippen molar-refractivity contribution in [1.29, 1.82) is 5.26 Å². The van der Waals surface area contributed by atoms with E-state index in [1.54, 1.807) is 35.0 Å². The monoisotopic (exact) mass is 352 g/mol. The Morgan fingerprint density at radius 1 is 1.28 bits per heavy atom. The zero-order valence-corrected chi connectivity index (χ0v) is 13.8. The van der Waals surface area contributed by atoms with Crippen molar-refractivity contribution in [1.82, 2.24) is 9.78 Å². The van der Waals surface area contributed by atoms with Crippen molar-refractivity contribution in [3.8, 4) is 6.07 Å². The second kappa shape index (κ2) is 7.16. The highest BCUT2D eigenvalue weighted by Crippen LogP contribution is 2.20. The number of nitrogens with one attached hydrogen (secondary N) is 1. The first kappa shape index (κ1) is 16.7. The predicted molar refractivity (Wildman–Crippen MR) is 95.4 cm³/mol. The maximum absolute atomic E-state index is 12.1. The standard InChI is InChI=1S/C18H13ClN4O2/c19-15-9-13(6-5-12(15)10-20)22-18(25)7-8-23-16-4-2-1-3-14(16)17(24)11-21-23/h1-6,9,11H,7-8H2,(H,22,25). The number of rotatable bonds is 4. The first-order valence-corrected chi connectivity index (χ1v) is 7.90. The molecule has 0 spiro atoms. The lowest BCUT2D eigenvalue weighted by Crippen LogP contribution is -2.18. The lowest BCUT2D eigenvalue weighted by Gasteiger charge is -2.10. The zero-order chi connectivity index (χ0) is 17.8. The second-order valence-electron chi connectivity index (χ2n) is 5.35. The van der Waals surface area contributed by atoms with Crippen LogP contribution in [0.25, 0.3) is 10.9 Å². The van der Waals surface area contributed by atoms with Crippen LogP contribution in [0.15, 0.2) is 53.5 Å². The van der Waals surface area contributed by atoms with Gasteiger partial charge in [-0.1, -0.05) is 23.7 Å². The maximum atomic E-state index is 12.1. The van der Waals surface area contributed by atoms with Crippen molar-refractivity contribution in [2.75, 3.05) is 5.32 Å². The number of fused-ring (bicyclic) bond motifs is 1. The molecule has 3 rings (SSSR count). The molecule has 6 nitrogen and oxygen atoms in total. The minimum atomic E-state index is -0.217. The van der Waals surface area contributed by atoms with Gasteiger partial charge in [0.25, 0.3) is 0 Å². The number of benzene rings is 2. The Morgan fingerprint density at radius 2 is 2.08 bits per heavy atom. The molecule has 0 radical (unpaired) electrons. The van der Waals surface area contributed by atoms with E-state index in [0.29, 0.717) is 28.7 Å². The van der Waals surface area contributed by atoms with Crippen molar-refractivity contribution in [3.05, 3.63) is 69.5 Å². The number of amides is 1. The molecule has 0 atom stereocenters. The van der Waals surface area contributed by atoms with Crippen LogP contribution in [0.4, 0.5) is 5.69 Å². The average molecular weight is 353 g/mol. The number of carbonyl (C=O) groups is 1. The van der Waals surface area contributed by atoms with Crippen molar-refractivity contribution >= 4 is 34.1 Å². The molecule has 1 aromatic heterocycles. The summed E-state index contributed by atoms with van der Waals surface area (Å²) in [5.41, 5.74) is 1.41. The van der Waals surface area contributed by atoms with E-state index < -0.39 is 0 Å². The number of aryl methyl sites for hydroxylation is 1. The van der Waals surface area contributed by atoms with Gasteiger partial charge in [0.15, 0.2) is 0 Å². The van der Waals surface area contributed by atoms with Crippen LogP contribution in [0.5, 0.6) is 0 Å². The molecule has 0 aliphatic rings. The molecule has 7 heteroatoms. The largest absolute Gasteiger partial charge is 0.326 e. The average Bonchev–Trinajstić information content (AvgIpc) is 2.61. The highest BCUT2D eigenvalue weighted by atomic mass is 35.5. The molecule has 0 aliphatic carbocycles. The fraction of sp³-hybridized carbons (Fsp3) is 0.111. The normalized spacial score (nSPS) is 10.4. The molecule has 25 heavy (non-hydrogen) atoms. The van der Waals surface area contributed by atoms with Gasteiger partial charge in [-0.25, -0.2) is 0 Å². The lowest BCUT2D eigenvalue weighted by atomic mass is 10.2. The minimum Gasteiger partial charge on any atom is -0.326 e. The molecule has 0 fully saturated rings. The topological polar surface area (TPSA) is 87.8 Å². The van der Waals surface area contributed by atoms with Gasteiger partial charge in [0.1, 0.15) is 6.07 Å². The van der Waals surface area contributed by atoms with Gasteiger partial charge >= 0.3 is 0 Å². The Morgan fingerprint density at radius 3 is 2.84 bits per heavy atom. The predicted octanol–water partition coefficient (Wildman–Crippen LogP) is 2.95. The third-order valence-electron chi connectivity index (χ3n) is 3.69. The van der Waals surface area contributed by atoms with E-state index in [-0.39, 0.29) is 22.8 Å². The molecule has 0 aliphatic heterocycles. The first-order chi connectivity index (χ1) is 12.1. The second-order valence-corrected chi connectivity index (χ2v) is 5.76. The number of aromatic nitrogens is 2. The molecule has 1 amide bonds.